The van der Waals surface area contributed by atoms with Gasteiger partial charge >= 0.3 is 0 Å². The largest absolute Gasteiger partial charge is 0.497 e. The number of methoxy groups -OCH3 is 1. The van der Waals surface area contributed by atoms with Crippen molar-refractivity contribution in [1.29, 1.82) is 0 Å². The number of unbranched alkanes of at least 4 members (excludes halogenated alkanes) is 1. The van der Waals surface area contributed by atoms with Crippen LogP contribution in [0.4, 0.5) is 0 Å². The fraction of sp³-hybridized carbons (Fsp3) is 0.526. The van der Waals surface area contributed by atoms with Crippen molar-refractivity contribution in [2.75, 3.05) is 7.11 Å². The van der Waals surface area contributed by atoms with Gasteiger partial charge in [0.1, 0.15) is 5.75 Å². The van der Waals surface area contributed by atoms with Crippen molar-refractivity contribution >= 4 is 17.7 Å². The van der Waals surface area contributed by atoms with Gasteiger partial charge in [-0.1, -0.05) is 39.0 Å². The van der Waals surface area contributed by atoms with E-state index in [1.54, 1.807) is 43.1 Å². The Kier molecular flexibility index (Phi) is 7.97. The fourth-order valence-corrected chi connectivity index (χ4v) is 3.28. The number of hydrogen-bond donors (Lipinski definition) is 1. The van der Waals surface area contributed by atoms with Crippen molar-refractivity contribution in [3.05, 3.63) is 35.7 Å². The molecule has 0 saturated heterocycles. The molecule has 2 rings (SSSR count). The molecule has 142 valence electrons. The maximum atomic E-state index is 12.4. The number of thioether (sulfide) groups is 1. The zero-order chi connectivity index (χ0) is 18.9. The molecular formula is C19H28N4O2S. The molecule has 1 unspecified atom stereocenters. The number of carbonyl (C=O) groups is 1. The van der Waals surface area contributed by atoms with E-state index in [0.29, 0.717) is 17.4 Å². The van der Waals surface area contributed by atoms with Crippen LogP contribution in [-0.4, -0.2) is 33.0 Å². The first-order valence-electron chi connectivity index (χ1n) is 9.10. The third-order valence-corrected chi connectivity index (χ3v) is 5.42. The summed E-state index contributed by atoms with van der Waals surface area (Å²) >= 11 is 1.74. The first-order chi connectivity index (χ1) is 12.6. The topological polar surface area (TPSA) is 69.0 Å². The van der Waals surface area contributed by atoms with E-state index in [0.717, 1.165) is 42.5 Å². The Morgan fingerprint density at radius 2 is 2.00 bits per heavy atom. The number of amides is 1. The Morgan fingerprint density at radius 1 is 1.27 bits per heavy atom. The highest BCUT2D eigenvalue weighted by Gasteiger charge is 2.15. The van der Waals surface area contributed by atoms with Crippen LogP contribution >= 0.6 is 11.8 Å². The van der Waals surface area contributed by atoms with E-state index >= 15 is 0 Å². The average Bonchev–Trinajstić information content (AvgIpc) is 3.05. The smallest absolute Gasteiger partial charge is 0.251 e. The molecule has 0 aliphatic rings. The van der Waals surface area contributed by atoms with Crippen molar-refractivity contribution in [3.8, 4) is 5.75 Å². The Labute approximate surface area is 159 Å². The molecule has 7 heteroatoms. The van der Waals surface area contributed by atoms with Crippen LogP contribution in [0.15, 0.2) is 29.4 Å². The van der Waals surface area contributed by atoms with Crippen molar-refractivity contribution in [2.24, 2.45) is 0 Å². The summed E-state index contributed by atoms with van der Waals surface area (Å²) in [6.07, 6.45) is 3.24. The van der Waals surface area contributed by atoms with Gasteiger partial charge in [0.05, 0.1) is 13.7 Å². The van der Waals surface area contributed by atoms with E-state index in [1.165, 1.54) is 0 Å². The molecule has 0 saturated carbocycles. The van der Waals surface area contributed by atoms with Gasteiger partial charge in [0.2, 0.25) is 0 Å². The molecule has 1 aromatic carbocycles. The minimum Gasteiger partial charge on any atom is -0.497 e. The van der Waals surface area contributed by atoms with Gasteiger partial charge in [0.15, 0.2) is 11.0 Å². The number of rotatable bonds is 10. The van der Waals surface area contributed by atoms with Crippen LogP contribution in [0.1, 0.15) is 56.2 Å². The van der Waals surface area contributed by atoms with Crippen LogP contribution in [0.3, 0.4) is 0 Å². The normalized spacial score (nSPS) is 12.0. The van der Waals surface area contributed by atoms with E-state index in [4.69, 9.17) is 4.74 Å². The summed E-state index contributed by atoms with van der Waals surface area (Å²) in [5.74, 6) is 1.40. The monoisotopic (exact) mass is 376 g/mol. The molecule has 2 aromatic rings. The van der Waals surface area contributed by atoms with Crippen LogP contribution in [0.5, 0.6) is 5.75 Å². The molecule has 0 fully saturated rings. The van der Waals surface area contributed by atoms with E-state index in [2.05, 4.69) is 40.9 Å². The van der Waals surface area contributed by atoms with Gasteiger partial charge < -0.3 is 14.6 Å². The summed E-state index contributed by atoms with van der Waals surface area (Å²) < 4.78 is 7.25. The van der Waals surface area contributed by atoms with E-state index < -0.39 is 0 Å². The van der Waals surface area contributed by atoms with Gasteiger partial charge in [0, 0.05) is 17.4 Å². The van der Waals surface area contributed by atoms with Crippen molar-refractivity contribution < 1.29 is 9.53 Å². The van der Waals surface area contributed by atoms with E-state index in [9.17, 15) is 4.79 Å². The molecule has 0 aliphatic heterocycles. The molecule has 1 heterocycles. The third kappa shape index (κ3) is 5.49. The number of aromatic nitrogens is 3. The summed E-state index contributed by atoms with van der Waals surface area (Å²) in [7, 11) is 1.60. The van der Waals surface area contributed by atoms with Crippen molar-refractivity contribution in [3.63, 3.8) is 0 Å². The van der Waals surface area contributed by atoms with E-state index in [-0.39, 0.29) is 5.91 Å². The second-order valence-electron chi connectivity index (χ2n) is 6.15. The second kappa shape index (κ2) is 10.2. The highest BCUT2D eigenvalue weighted by molar-refractivity contribution is 7.99. The Hall–Kier alpha value is -2.02. The van der Waals surface area contributed by atoms with Gasteiger partial charge in [-0.25, -0.2) is 0 Å². The lowest BCUT2D eigenvalue weighted by molar-refractivity contribution is 0.0949. The van der Waals surface area contributed by atoms with Gasteiger partial charge in [-0.3, -0.25) is 4.79 Å². The second-order valence-corrected chi connectivity index (χ2v) is 7.56. The number of nitrogens with zero attached hydrogens (tertiary/aromatic N) is 3. The molecule has 0 spiro atoms. The van der Waals surface area contributed by atoms with Crippen LogP contribution in [-0.2, 0) is 13.1 Å². The summed E-state index contributed by atoms with van der Waals surface area (Å²) in [4.78, 5) is 12.4. The van der Waals surface area contributed by atoms with Gasteiger partial charge in [-0.15, -0.1) is 10.2 Å². The highest BCUT2D eigenvalue weighted by atomic mass is 32.2. The van der Waals surface area contributed by atoms with Crippen LogP contribution in [0.25, 0.3) is 0 Å². The Bertz CT molecular complexity index is 700. The zero-order valence-electron chi connectivity index (χ0n) is 16.0. The average molecular weight is 377 g/mol. The van der Waals surface area contributed by atoms with Crippen LogP contribution < -0.4 is 10.1 Å². The predicted octanol–water partition coefficient (Wildman–Crippen LogP) is 3.91. The van der Waals surface area contributed by atoms with Crippen molar-refractivity contribution in [2.45, 2.75) is 63.5 Å². The molecule has 0 radical (unpaired) electrons. The Morgan fingerprint density at radius 3 is 2.62 bits per heavy atom. The third-order valence-electron chi connectivity index (χ3n) is 4.17. The summed E-state index contributed by atoms with van der Waals surface area (Å²) in [6.45, 7) is 7.75. The lowest BCUT2D eigenvalue weighted by Gasteiger charge is -2.12. The van der Waals surface area contributed by atoms with Gasteiger partial charge in [0.25, 0.3) is 5.91 Å². The maximum absolute atomic E-state index is 12.4. The SMILES string of the molecule is CCCCn1c(CNC(=O)c2ccc(OC)cc2)nnc1SC(C)CC. The summed E-state index contributed by atoms with van der Waals surface area (Å²) in [5.41, 5.74) is 0.597. The molecule has 26 heavy (non-hydrogen) atoms. The first kappa shape index (κ1) is 20.3. The van der Waals surface area contributed by atoms with Crippen molar-refractivity contribution in [1.82, 2.24) is 20.1 Å². The minimum absolute atomic E-state index is 0.131. The molecule has 0 aliphatic carbocycles. The lowest BCUT2D eigenvalue weighted by atomic mass is 10.2. The maximum Gasteiger partial charge on any atom is 0.251 e. The predicted molar refractivity (Wildman–Crippen MR) is 105 cm³/mol. The summed E-state index contributed by atoms with van der Waals surface area (Å²) in [5, 5.41) is 13.0. The molecule has 6 nitrogen and oxygen atoms in total. The number of nitrogens with one attached hydrogen (secondary N) is 1. The standard InChI is InChI=1S/C19H28N4O2S/c1-5-7-12-23-17(21-22-19(23)26-14(3)6-2)13-20-18(24)15-8-10-16(25-4)11-9-15/h8-11,14H,5-7,12-13H2,1-4H3,(H,20,24). The lowest BCUT2D eigenvalue weighted by Crippen LogP contribution is -2.25. The van der Waals surface area contributed by atoms with Crippen LogP contribution in [0, 0.1) is 0 Å². The minimum atomic E-state index is -0.131. The molecule has 1 atom stereocenters. The van der Waals surface area contributed by atoms with E-state index in [1.807, 2.05) is 0 Å². The summed E-state index contributed by atoms with van der Waals surface area (Å²) in [6, 6.07) is 7.06. The Balaban J connectivity index is 2.05. The highest BCUT2D eigenvalue weighted by Crippen LogP contribution is 2.24. The first-order valence-corrected chi connectivity index (χ1v) is 9.97. The number of carbonyl (C=O) groups excluding carboxylic acids is 1. The number of ether oxygens (including phenoxy) is 1. The van der Waals surface area contributed by atoms with Crippen LogP contribution in [0.2, 0.25) is 0 Å². The van der Waals surface area contributed by atoms with Gasteiger partial charge in [-0.05, 0) is 37.1 Å². The molecule has 1 aromatic heterocycles. The number of benzene rings is 1. The van der Waals surface area contributed by atoms with Gasteiger partial charge in [-0.2, -0.15) is 0 Å². The molecule has 1 amide bonds. The molecular weight excluding hydrogens is 348 g/mol. The number of hydrogen-bond acceptors (Lipinski definition) is 5. The molecule has 1 N–H and O–H groups in total. The molecule has 0 bridgehead atoms. The zero-order valence-corrected chi connectivity index (χ0v) is 16.8. The quantitative estimate of drug-likeness (QED) is 0.637. The fourth-order valence-electron chi connectivity index (χ4n) is 2.34.